The van der Waals surface area contributed by atoms with Crippen molar-refractivity contribution in [1.29, 1.82) is 0 Å². The van der Waals surface area contributed by atoms with E-state index in [4.69, 9.17) is 52.1 Å². The van der Waals surface area contributed by atoms with Crippen LogP contribution < -0.4 is 0 Å². The second-order valence-corrected chi connectivity index (χ2v) is 16.8. The minimum atomic E-state index is -2.50. The summed E-state index contributed by atoms with van der Waals surface area (Å²) in [5.74, 6) is -2.50. The van der Waals surface area contributed by atoms with Gasteiger partial charge in [0.1, 0.15) is 147 Å². The monoisotopic (exact) mass is 990 g/mol. The number of hydrogen-bond donors (Lipinski definition) is 20. The Morgan fingerprint density at radius 2 is 0.582 bits per heavy atom. The van der Waals surface area contributed by atoms with Gasteiger partial charge in [0, 0.05) is 0 Å². The molecule has 31 heteroatoms. The van der Waals surface area contributed by atoms with Gasteiger partial charge in [-0.05, 0) is 0 Å². The maximum Gasteiger partial charge on any atom is 0.224 e. The molecule has 20 N–H and O–H groups in total. The molecule has 6 fully saturated rings. The Morgan fingerprint density at radius 3 is 0.881 bits per heavy atom. The standard InChI is InChI=1S/C36H62O31/c37-1-8-14(44)16(46)21(51)31(57-8)62-26-10(3-39)58-32(22(52)17(26)47)63-27-11(4-40)59-33(23(53)18(27)48)64-28-12(5-41)60-34(24(54)19(28)49)65-29-13(6-42)61-35(25(55)20(29)50)67-36(7-43)30(56)15(45)9(2-38)66-36/h8-35,37-56H,1-7H2. The molecule has 6 saturated heterocycles. The van der Waals surface area contributed by atoms with Crippen LogP contribution in [0.1, 0.15) is 0 Å². The molecule has 0 aromatic rings. The zero-order valence-electron chi connectivity index (χ0n) is 35.1. The fourth-order valence-corrected chi connectivity index (χ4v) is 8.58. The molecule has 29 atom stereocenters. The van der Waals surface area contributed by atoms with Crippen LogP contribution in [0.4, 0.5) is 0 Å². The van der Waals surface area contributed by atoms with Crippen LogP contribution in [0.3, 0.4) is 0 Å². The van der Waals surface area contributed by atoms with Crippen molar-refractivity contribution in [2.45, 2.75) is 178 Å². The molecule has 0 spiro atoms. The Morgan fingerprint density at radius 1 is 0.299 bits per heavy atom. The molecule has 0 amide bonds. The Bertz CT molecular complexity index is 1520. The van der Waals surface area contributed by atoms with E-state index in [1.807, 2.05) is 0 Å². The highest BCUT2D eigenvalue weighted by atomic mass is 16.8. The van der Waals surface area contributed by atoms with Gasteiger partial charge in [-0.25, -0.2) is 0 Å². The first-order valence-electron chi connectivity index (χ1n) is 21.1. The molecular weight excluding hydrogens is 928 g/mol. The summed E-state index contributed by atoms with van der Waals surface area (Å²) in [5, 5.41) is 209. The van der Waals surface area contributed by atoms with Crippen molar-refractivity contribution in [2.24, 2.45) is 0 Å². The van der Waals surface area contributed by atoms with E-state index in [1.54, 1.807) is 0 Å². The highest BCUT2D eigenvalue weighted by molar-refractivity contribution is 5.01. The average Bonchev–Trinajstić information content (AvgIpc) is 3.57. The predicted molar refractivity (Wildman–Crippen MR) is 199 cm³/mol. The Hall–Kier alpha value is -1.24. The van der Waals surface area contributed by atoms with Crippen molar-refractivity contribution in [2.75, 3.05) is 46.2 Å². The molecule has 0 saturated carbocycles. The molecule has 6 aliphatic rings. The van der Waals surface area contributed by atoms with Crippen molar-refractivity contribution in [3.63, 3.8) is 0 Å². The first kappa shape index (κ1) is 55.1. The second kappa shape index (κ2) is 23.1. The lowest BCUT2D eigenvalue weighted by molar-refractivity contribution is -0.405. The van der Waals surface area contributed by atoms with Crippen molar-refractivity contribution in [3.05, 3.63) is 0 Å². The Kier molecular flexibility index (Phi) is 19.0. The van der Waals surface area contributed by atoms with E-state index in [-0.39, 0.29) is 0 Å². The van der Waals surface area contributed by atoms with Crippen molar-refractivity contribution in [1.82, 2.24) is 0 Å². The highest BCUT2D eigenvalue weighted by Crippen LogP contribution is 2.39. The van der Waals surface area contributed by atoms with Gasteiger partial charge in [0.2, 0.25) is 5.79 Å². The third-order valence-electron chi connectivity index (χ3n) is 12.5. The van der Waals surface area contributed by atoms with Gasteiger partial charge < -0.3 is 154 Å². The lowest BCUT2D eigenvalue weighted by Gasteiger charge is -2.49. The molecule has 392 valence electrons. The minimum absolute atomic E-state index is 0.829. The molecule has 6 heterocycles. The first-order valence-corrected chi connectivity index (χ1v) is 21.1. The van der Waals surface area contributed by atoms with E-state index >= 15 is 0 Å². The molecule has 0 bridgehead atoms. The molecule has 29 unspecified atom stereocenters. The third kappa shape index (κ3) is 10.8. The molecule has 31 nitrogen and oxygen atoms in total. The Labute approximate surface area is 378 Å². The largest absolute Gasteiger partial charge is 0.394 e. The molecule has 6 aliphatic heterocycles. The maximum atomic E-state index is 11.2. The number of ether oxygens (including phenoxy) is 11. The summed E-state index contributed by atoms with van der Waals surface area (Å²) < 4.78 is 60.7. The van der Waals surface area contributed by atoms with Crippen LogP contribution in [0.5, 0.6) is 0 Å². The summed E-state index contributed by atoms with van der Waals surface area (Å²) in [5.41, 5.74) is 0. The summed E-state index contributed by atoms with van der Waals surface area (Å²) in [7, 11) is 0. The average molecular weight is 991 g/mol. The van der Waals surface area contributed by atoms with Gasteiger partial charge in [0.15, 0.2) is 31.5 Å². The molecule has 0 aromatic carbocycles. The predicted octanol–water partition coefficient (Wildman–Crippen LogP) is -14.1. The zero-order chi connectivity index (χ0) is 49.4. The fourth-order valence-electron chi connectivity index (χ4n) is 8.58. The SMILES string of the molecule is OCC1OC(OC2C(CO)OC(OC3C(CO)OC(OC4C(CO)OC(OC5C(CO)OC(OC6(CO)OC(CO)C(O)C6O)C(O)C5O)C(O)C4O)C(O)C3O)C(O)C2O)C(O)C(O)C1O. The van der Waals surface area contributed by atoms with E-state index in [0.717, 1.165) is 0 Å². The third-order valence-corrected chi connectivity index (χ3v) is 12.5. The molecule has 6 rings (SSSR count). The van der Waals surface area contributed by atoms with E-state index in [0.29, 0.717) is 0 Å². The molecule has 0 aliphatic carbocycles. The lowest BCUT2D eigenvalue weighted by Crippen LogP contribution is -2.68. The first-order chi connectivity index (χ1) is 31.8. The quantitative estimate of drug-likeness (QED) is 0.0643. The van der Waals surface area contributed by atoms with Gasteiger partial charge >= 0.3 is 0 Å². The van der Waals surface area contributed by atoms with Gasteiger partial charge in [-0.2, -0.15) is 0 Å². The van der Waals surface area contributed by atoms with Crippen LogP contribution >= 0.6 is 0 Å². The molecule has 0 aromatic heterocycles. The van der Waals surface area contributed by atoms with Crippen LogP contribution in [-0.4, -0.2) is 326 Å². The van der Waals surface area contributed by atoms with E-state index in [9.17, 15) is 102 Å². The van der Waals surface area contributed by atoms with Gasteiger partial charge in [-0.15, -0.1) is 0 Å². The van der Waals surface area contributed by atoms with Gasteiger partial charge in [0.25, 0.3) is 0 Å². The van der Waals surface area contributed by atoms with E-state index in [1.165, 1.54) is 0 Å². The lowest BCUT2D eigenvalue weighted by atomic mass is 9.95. The maximum absolute atomic E-state index is 11.2. The van der Waals surface area contributed by atoms with Gasteiger partial charge in [0.05, 0.1) is 39.6 Å². The van der Waals surface area contributed by atoms with E-state index in [2.05, 4.69) is 0 Å². The summed E-state index contributed by atoms with van der Waals surface area (Å²) >= 11 is 0. The number of aliphatic hydroxyl groups excluding tert-OH is 20. The normalized spacial score (nSPS) is 53.2. The smallest absolute Gasteiger partial charge is 0.224 e. The molecule has 67 heavy (non-hydrogen) atoms. The highest BCUT2D eigenvalue weighted by Gasteiger charge is 2.60. The number of aliphatic hydroxyl groups is 20. The summed E-state index contributed by atoms with van der Waals surface area (Å²) in [6, 6.07) is 0. The van der Waals surface area contributed by atoms with Crippen LogP contribution in [0.2, 0.25) is 0 Å². The summed E-state index contributed by atoms with van der Waals surface area (Å²) in [6.07, 6.45) is -53.2. The van der Waals surface area contributed by atoms with E-state index < -0.39 is 224 Å². The van der Waals surface area contributed by atoms with Crippen LogP contribution in [0.15, 0.2) is 0 Å². The Balaban J connectivity index is 1.07. The van der Waals surface area contributed by atoms with Crippen molar-refractivity contribution in [3.8, 4) is 0 Å². The van der Waals surface area contributed by atoms with Gasteiger partial charge in [-0.1, -0.05) is 0 Å². The van der Waals surface area contributed by atoms with Crippen molar-refractivity contribution < 1.29 is 154 Å². The second-order valence-electron chi connectivity index (χ2n) is 16.8. The number of hydrogen-bond acceptors (Lipinski definition) is 31. The molecular formula is C36H62O31. The van der Waals surface area contributed by atoms with Crippen LogP contribution in [-0.2, 0) is 52.1 Å². The van der Waals surface area contributed by atoms with Crippen LogP contribution in [0, 0.1) is 0 Å². The zero-order valence-corrected chi connectivity index (χ0v) is 35.1. The summed E-state index contributed by atoms with van der Waals surface area (Å²) in [6.45, 7) is -6.84. The molecule has 0 radical (unpaired) electrons. The van der Waals surface area contributed by atoms with Crippen LogP contribution in [0.25, 0.3) is 0 Å². The van der Waals surface area contributed by atoms with Gasteiger partial charge in [-0.3, -0.25) is 0 Å². The minimum Gasteiger partial charge on any atom is -0.394 e. The van der Waals surface area contributed by atoms with Crippen molar-refractivity contribution >= 4 is 0 Å². The topological polar surface area (TPSA) is 506 Å². The fraction of sp³-hybridized carbons (Fsp3) is 1.00. The summed E-state index contributed by atoms with van der Waals surface area (Å²) in [4.78, 5) is 0. The number of rotatable bonds is 17.